The van der Waals surface area contributed by atoms with Crippen molar-refractivity contribution in [1.29, 1.82) is 0 Å². The van der Waals surface area contributed by atoms with Crippen molar-refractivity contribution >= 4 is 99.6 Å². The number of hydrogen-bond donors (Lipinski definition) is 17. The van der Waals surface area contributed by atoms with Crippen LogP contribution in [0.2, 0.25) is 0 Å². The number of nitrogens with zero attached hydrogens (tertiary/aromatic N) is 1. The van der Waals surface area contributed by atoms with Gasteiger partial charge in [-0.3, -0.25) is 48.1 Å². The molecule has 20 N–H and O–H groups in total. The summed E-state index contributed by atoms with van der Waals surface area (Å²) in [7, 11) is 0. The van der Waals surface area contributed by atoms with Crippen LogP contribution in [-0.2, 0) is 60.8 Å². The first-order chi connectivity index (χ1) is 41.7. The number of carboxylic acid groups (broad SMARTS) is 2. The van der Waals surface area contributed by atoms with Gasteiger partial charge in [0.15, 0.2) is 5.96 Å². The van der Waals surface area contributed by atoms with Crippen molar-refractivity contribution in [3.05, 3.63) is 72.1 Å². The number of carbonyl (C=O) groups is 10. The number of thiol groups is 1. The number of nitrogens with one attached hydrogen (secondary N) is 10. The first-order valence-electron chi connectivity index (χ1n) is 29.8. The van der Waals surface area contributed by atoms with Crippen LogP contribution >= 0.6 is 12.6 Å². The van der Waals surface area contributed by atoms with Crippen LogP contribution in [0.1, 0.15) is 117 Å². The molecule has 0 unspecified atom stereocenters. The molecule has 0 fully saturated rings. The number of carbonyl (C=O) groups excluding carboxylic acids is 8. The highest BCUT2D eigenvalue weighted by molar-refractivity contribution is 7.80. The number of rotatable bonds is 39. The molecule has 2 heterocycles. The highest BCUT2D eigenvalue weighted by atomic mass is 32.1. The van der Waals surface area contributed by atoms with Crippen molar-refractivity contribution in [3.63, 3.8) is 0 Å². The molecule has 0 aliphatic carbocycles. The third kappa shape index (κ3) is 23.8. The molecule has 0 saturated carbocycles. The lowest BCUT2D eigenvalue weighted by molar-refractivity contribution is -0.143. The number of aromatic nitrogens is 2. The maximum absolute atomic E-state index is 15.0. The number of unbranched alkanes of at least 4 members (excludes halogenated alkanes) is 1. The topological polar surface area (TPSA) is 455 Å². The Kier molecular flexibility index (Phi) is 29.7. The van der Waals surface area contributed by atoms with Crippen LogP contribution in [0, 0.1) is 17.8 Å². The van der Waals surface area contributed by atoms with E-state index in [9.17, 15) is 53.4 Å². The van der Waals surface area contributed by atoms with Gasteiger partial charge in [-0.25, -0.2) is 4.79 Å². The molecule has 28 heteroatoms. The van der Waals surface area contributed by atoms with E-state index in [1.54, 1.807) is 32.3 Å². The van der Waals surface area contributed by atoms with Gasteiger partial charge in [0, 0.05) is 65.8 Å². The molecule has 0 bridgehead atoms. The van der Waals surface area contributed by atoms with E-state index in [2.05, 4.69) is 70.1 Å². The normalized spacial score (nSPS) is 14.5. The number of para-hydroxylation sites is 2. The van der Waals surface area contributed by atoms with E-state index in [1.807, 2.05) is 70.2 Å². The second kappa shape index (κ2) is 36.2. The van der Waals surface area contributed by atoms with E-state index in [-0.39, 0.29) is 93.9 Å². The van der Waals surface area contributed by atoms with E-state index >= 15 is 4.79 Å². The lowest BCUT2D eigenvalue weighted by Crippen LogP contribution is -2.61. The molecule has 4 aromatic rings. The zero-order chi connectivity index (χ0) is 65.2. The summed E-state index contributed by atoms with van der Waals surface area (Å²) in [5.41, 5.74) is 25.6. The second-order valence-electron chi connectivity index (χ2n) is 23.3. The number of H-pyrrole nitrogens is 2. The fourth-order valence-corrected chi connectivity index (χ4v) is 10.1. The Labute approximate surface area is 517 Å². The van der Waals surface area contributed by atoms with Crippen molar-refractivity contribution in [2.45, 2.75) is 173 Å². The maximum atomic E-state index is 15.0. The van der Waals surface area contributed by atoms with Crippen molar-refractivity contribution in [1.82, 2.24) is 52.5 Å². The number of aliphatic carboxylic acids is 2. The van der Waals surface area contributed by atoms with Crippen LogP contribution < -0.4 is 65.5 Å². The number of carboxylic acids is 2. The van der Waals surface area contributed by atoms with Gasteiger partial charge in [-0.2, -0.15) is 12.6 Å². The number of aromatic amines is 2. The molecule has 0 aliphatic rings. The molecular weight excluding hydrogens is 1150 g/mol. The van der Waals surface area contributed by atoms with Crippen LogP contribution in [0.4, 0.5) is 0 Å². The maximum Gasteiger partial charge on any atom is 0.326 e. The largest absolute Gasteiger partial charge is 0.481 e. The van der Waals surface area contributed by atoms with Crippen LogP contribution in [0.15, 0.2) is 65.9 Å². The van der Waals surface area contributed by atoms with Crippen molar-refractivity contribution < 1.29 is 58.2 Å². The first kappa shape index (κ1) is 72.2. The Bertz CT molecular complexity index is 3030. The number of aliphatic imine (C=N–C) groups is 1. The lowest BCUT2D eigenvalue weighted by Gasteiger charge is -2.29. The molecule has 9 atom stereocenters. The summed E-state index contributed by atoms with van der Waals surface area (Å²) in [6.07, 6.45) is 3.25. The predicted molar refractivity (Wildman–Crippen MR) is 337 cm³/mol. The second-order valence-corrected chi connectivity index (χ2v) is 23.7. The summed E-state index contributed by atoms with van der Waals surface area (Å²) in [5, 5.41) is 42.3. The summed E-state index contributed by atoms with van der Waals surface area (Å²) >= 11 is 4.14. The molecule has 88 heavy (non-hydrogen) atoms. The molecule has 8 amide bonds. The van der Waals surface area contributed by atoms with Crippen molar-refractivity contribution in [2.24, 2.45) is 45.7 Å². The minimum atomic E-state index is -1.61. The Hall–Kier alpha value is -8.24. The van der Waals surface area contributed by atoms with Crippen LogP contribution in [0.3, 0.4) is 0 Å². The Morgan fingerprint density at radius 3 is 1.25 bits per heavy atom. The number of hydrogen-bond acceptors (Lipinski definition) is 14. The van der Waals surface area contributed by atoms with E-state index in [0.29, 0.717) is 24.0 Å². The molecule has 0 spiro atoms. The Morgan fingerprint density at radius 2 is 0.864 bits per heavy atom. The summed E-state index contributed by atoms with van der Waals surface area (Å²) < 4.78 is 0. The SMILES string of the molecule is CC(C)C[C@H](NC(=O)[C@H](Cc1c[nH]c2ccccc12)NC(=O)[C@H](CC(C)C)NC(=O)[C@H](Cc1c[nH]c2ccccc12)NC(=O)[C@H](CC(C)C)NC(=O)[C@@H](N)CS)C(=O)N[C@@H](CCCN=C(N)N)C(=O)N[C@@H](CCCCN)C(=O)N[C@@H](CCC(=O)O)C(=O)O. The van der Waals surface area contributed by atoms with E-state index in [4.69, 9.17) is 22.9 Å². The third-order valence-electron chi connectivity index (χ3n) is 14.4. The fourth-order valence-electron chi connectivity index (χ4n) is 9.90. The molecule has 484 valence electrons. The quantitative estimate of drug-likeness (QED) is 0.0127. The van der Waals surface area contributed by atoms with Crippen LogP contribution in [0.25, 0.3) is 21.8 Å². The monoisotopic (exact) mass is 1250 g/mol. The standard InChI is InChI=1S/C60H91N15O12S/c1-32(2)24-45(71-51(78)39(62)31-88)55(82)74-48(27-35-29-66-40-16-9-7-14-37(35)40)58(85)73-47(26-34(5)6)56(83)75-49(28-36-30-67-41-17-10-8-15-38(36)41)57(84)72-46(25-33(3)4)54(81)69-43(19-13-23-65-60(63)64)52(79)68-42(18-11-12-22-61)53(80)70-44(59(86)87)20-21-50(76)77/h7-10,14-17,29-30,32-34,39,42-49,66-67,88H,11-13,18-28,31,61-62H2,1-6H3,(H,68,79)(H,69,81)(H,70,80)(H,71,78)(H,72,84)(H,73,85)(H,74,82)(H,75,83)(H,76,77)(H,86,87)(H4,63,64,65)/t39-,42-,43-,44-,45-,46-,47-,48-,49-/m0/s1. The van der Waals surface area contributed by atoms with Crippen molar-refractivity contribution in [3.8, 4) is 0 Å². The summed E-state index contributed by atoms with van der Waals surface area (Å²) in [4.78, 5) is 148. The average molecular weight is 1250 g/mol. The zero-order valence-electron chi connectivity index (χ0n) is 51.0. The van der Waals surface area contributed by atoms with Gasteiger partial charge in [0.2, 0.25) is 47.3 Å². The third-order valence-corrected chi connectivity index (χ3v) is 14.8. The predicted octanol–water partition coefficient (Wildman–Crippen LogP) is 0.840. The highest BCUT2D eigenvalue weighted by Gasteiger charge is 2.36. The Balaban J connectivity index is 1.71. The molecule has 2 aromatic carbocycles. The summed E-state index contributed by atoms with van der Waals surface area (Å²) in [6.45, 7) is 11.3. The molecule has 0 radical (unpaired) electrons. The number of guanidine groups is 1. The fraction of sp³-hybridized carbons (Fsp3) is 0.550. The highest BCUT2D eigenvalue weighted by Crippen LogP contribution is 2.22. The number of nitrogens with two attached hydrogens (primary N) is 4. The van der Waals surface area contributed by atoms with Crippen LogP contribution in [0.5, 0.6) is 0 Å². The van der Waals surface area contributed by atoms with Gasteiger partial charge >= 0.3 is 11.9 Å². The van der Waals surface area contributed by atoms with E-state index < -0.39 is 126 Å². The Morgan fingerprint density at radius 1 is 0.500 bits per heavy atom. The van der Waals surface area contributed by atoms with Gasteiger partial charge in [0.1, 0.15) is 48.3 Å². The van der Waals surface area contributed by atoms with Crippen molar-refractivity contribution in [2.75, 3.05) is 18.8 Å². The van der Waals surface area contributed by atoms with E-state index in [1.165, 1.54) is 0 Å². The van der Waals surface area contributed by atoms with Gasteiger partial charge < -0.3 is 85.6 Å². The van der Waals surface area contributed by atoms with Crippen LogP contribution in [-0.4, -0.2) is 159 Å². The smallest absolute Gasteiger partial charge is 0.326 e. The molecule has 2 aromatic heterocycles. The van der Waals surface area contributed by atoms with Gasteiger partial charge in [-0.1, -0.05) is 77.9 Å². The zero-order valence-corrected chi connectivity index (χ0v) is 51.9. The summed E-state index contributed by atoms with van der Waals surface area (Å²) in [6, 6.07) is 2.81. The lowest BCUT2D eigenvalue weighted by atomic mass is 9.98. The van der Waals surface area contributed by atoms with Gasteiger partial charge in [-0.05, 0) is 105 Å². The first-order valence-corrected chi connectivity index (χ1v) is 30.4. The number of benzene rings is 2. The minimum absolute atomic E-state index is 0.0128. The summed E-state index contributed by atoms with van der Waals surface area (Å²) in [5.74, 6) is -9.75. The van der Waals surface area contributed by atoms with Gasteiger partial charge in [-0.15, -0.1) is 0 Å². The van der Waals surface area contributed by atoms with Gasteiger partial charge in [0.05, 0.1) is 6.04 Å². The number of fused-ring (bicyclic) bond motifs is 2. The molecule has 27 nitrogen and oxygen atoms in total. The molecular formula is C60H91N15O12S. The van der Waals surface area contributed by atoms with E-state index in [0.717, 1.165) is 21.8 Å². The molecule has 0 saturated heterocycles. The minimum Gasteiger partial charge on any atom is -0.481 e. The number of amides is 8. The average Bonchev–Trinajstić information content (AvgIpc) is 2.02. The van der Waals surface area contributed by atoms with Gasteiger partial charge in [0.25, 0.3) is 0 Å². The molecule has 4 rings (SSSR count). The molecule has 0 aliphatic heterocycles.